The third kappa shape index (κ3) is 2.08. The van der Waals surface area contributed by atoms with Crippen LogP contribution in [0.3, 0.4) is 0 Å². The van der Waals surface area contributed by atoms with Crippen LogP contribution in [0.15, 0.2) is 30.6 Å². The number of nitrogens with one attached hydrogen (secondary N) is 1. The number of para-hydroxylation sites is 1. The summed E-state index contributed by atoms with van der Waals surface area (Å²) in [5.74, 6) is 0.889. The van der Waals surface area contributed by atoms with Crippen molar-refractivity contribution in [2.45, 2.75) is 43.9 Å². The Labute approximate surface area is 130 Å². The SMILES string of the molecule is CCOC1CC(Nc2ncnc3ccccc23)C12CCCO2. The van der Waals surface area contributed by atoms with Crippen LogP contribution in [0.25, 0.3) is 10.9 Å². The van der Waals surface area contributed by atoms with Gasteiger partial charge in [-0.1, -0.05) is 12.1 Å². The number of hydrogen-bond donors (Lipinski definition) is 1. The molecule has 1 saturated carbocycles. The summed E-state index contributed by atoms with van der Waals surface area (Å²) in [4.78, 5) is 8.76. The second-order valence-corrected chi connectivity index (χ2v) is 6.02. The van der Waals surface area contributed by atoms with E-state index in [1.807, 2.05) is 25.1 Å². The lowest BCUT2D eigenvalue weighted by Gasteiger charge is -2.52. The predicted molar refractivity (Wildman–Crippen MR) is 84.9 cm³/mol. The summed E-state index contributed by atoms with van der Waals surface area (Å²) >= 11 is 0. The highest BCUT2D eigenvalue weighted by Crippen LogP contribution is 2.47. The summed E-state index contributed by atoms with van der Waals surface area (Å²) in [7, 11) is 0. The highest BCUT2D eigenvalue weighted by atomic mass is 16.6. The van der Waals surface area contributed by atoms with E-state index >= 15 is 0 Å². The minimum absolute atomic E-state index is 0.179. The Bertz CT molecular complexity index is 665. The van der Waals surface area contributed by atoms with Gasteiger partial charge in [-0.25, -0.2) is 9.97 Å². The third-order valence-electron chi connectivity index (χ3n) is 4.89. The van der Waals surface area contributed by atoms with Crippen molar-refractivity contribution >= 4 is 16.7 Å². The first-order valence-electron chi connectivity index (χ1n) is 8.05. The molecule has 0 amide bonds. The highest BCUT2D eigenvalue weighted by molar-refractivity contribution is 5.88. The first kappa shape index (κ1) is 13.9. The first-order valence-corrected chi connectivity index (χ1v) is 8.05. The van der Waals surface area contributed by atoms with Crippen molar-refractivity contribution in [3.8, 4) is 0 Å². The molecule has 1 aliphatic carbocycles. The summed E-state index contributed by atoms with van der Waals surface area (Å²) in [6.07, 6.45) is 4.94. The Kier molecular flexibility index (Phi) is 3.47. The van der Waals surface area contributed by atoms with E-state index in [2.05, 4.69) is 21.4 Å². The molecule has 2 aromatic rings. The van der Waals surface area contributed by atoms with Gasteiger partial charge < -0.3 is 14.8 Å². The summed E-state index contributed by atoms with van der Waals surface area (Å²) < 4.78 is 12.0. The number of nitrogens with zero attached hydrogens (tertiary/aromatic N) is 2. The fourth-order valence-corrected chi connectivity index (χ4v) is 3.76. The summed E-state index contributed by atoms with van der Waals surface area (Å²) in [6, 6.07) is 8.33. The van der Waals surface area contributed by atoms with Crippen molar-refractivity contribution in [3.63, 3.8) is 0 Å². The molecule has 3 unspecified atom stereocenters. The monoisotopic (exact) mass is 299 g/mol. The quantitative estimate of drug-likeness (QED) is 0.941. The molecule has 22 heavy (non-hydrogen) atoms. The lowest BCUT2D eigenvalue weighted by Crippen LogP contribution is -2.66. The maximum atomic E-state index is 6.11. The predicted octanol–water partition coefficient (Wildman–Crippen LogP) is 2.77. The topological polar surface area (TPSA) is 56.3 Å². The fourth-order valence-electron chi connectivity index (χ4n) is 3.76. The molecular weight excluding hydrogens is 278 g/mol. The van der Waals surface area contributed by atoms with Crippen LogP contribution in [-0.4, -0.2) is 40.9 Å². The smallest absolute Gasteiger partial charge is 0.137 e. The lowest BCUT2D eigenvalue weighted by atomic mass is 9.70. The lowest BCUT2D eigenvalue weighted by molar-refractivity contribution is -0.184. The van der Waals surface area contributed by atoms with Crippen molar-refractivity contribution in [2.75, 3.05) is 18.5 Å². The van der Waals surface area contributed by atoms with Gasteiger partial charge in [-0.3, -0.25) is 0 Å². The molecule has 2 aliphatic rings. The van der Waals surface area contributed by atoms with Crippen LogP contribution in [0.1, 0.15) is 26.2 Å². The molecular formula is C17H21N3O2. The number of hydrogen-bond acceptors (Lipinski definition) is 5. The molecule has 1 aliphatic heterocycles. The number of ether oxygens (including phenoxy) is 2. The molecule has 0 bridgehead atoms. The number of benzene rings is 1. The van der Waals surface area contributed by atoms with Crippen molar-refractivity contribution in [1.82, 2.24) is 9.97 Å². The summed E-state index contributed by atoms with van der Waals surface area (Å²) in [5.41, 5.74) is 0.782. The molecule has 3 atom stereocenters. The Hall–Kier alpha value is -1.72. The van der Waals surface area contributed by atoms with E-state index in [1.165, 1.54) is 0 Å². The van der Waals surface area contributed by atoms with E-state index in [1.54, 1.807) is 6.33 Å². The summed E-state index contributed by atoms with van der Waals surface area (Å²) in [6.45, 7) is 3.60. The normalized spacial score (nSPS) is 30.6. The average molecular weight is 299 g/mol. The van der Waals surface area contributed by atoms with Crippen LogP contribution in [-0.2, 0) is 9.47 Å². The van der Waals surface area contributed by atoms with Crippen molar-refractivity contribution in [1.29, 1.82) is 0 Å². The molecule has 4 rings (SSSR count). The Balaban J connectivity index is 1.60. The minimum Gasteiger partial charge on any atom is -0.375 e. The van der Waals surface area contributed by atoms with Crippen LogP contribution in [0.4, 0.5) is 5.82 Å². The van der Waals surface area contributed by atoms with Crippen molar-refractivity contribution in [3.05, 3.63) is 30.6 Å². The molecule has 1 aromatic heterocycles. The molecule has 5 nitrogen and oxygen atoms in total. The minimum atomic E-state index is -0.179. The number of rotatable bonds is 4. The van der Waals surface area contributed by atoms with Crippen LogP contribution >= 0.6 is 0 Å². The maximum absolute atomic E-state index is 6.11. The van der Waals surface area contributed by atoms with E-state index in [-0.39, 0.29) is 17.7 Å². The zero-order valence-electron chi connectivity index (χ0n) is 12.8. The van der Waals surface area contributed by atoms with Crippen LogP contribution in [0, 0.1) is 0 Å². The van der Waals surface area contributed by atoms with Gasteiger partial charge in [0, 0.05) is 18.6 Å². The molecule has 1 saturated heterocycles. The van der Waals surface area contributed by atoms with Gasteiger partial charge in [0.25, 0.3) is 0 Å². The van der Waals surface area contributed by atoms with Gasteiger partial charge in [-0.2, -0.15) is 0 Å². The van der Waals surface area contributed by atoms with Gasteiger partial charge in [-0.15, -0.1) is 0 Å². The second-order valence-electron chi connectivity index (χ2n) is 6.02. The maximum Gasteiger partial charge on any atom is 0.137 e. The van der Waals surface area contributed by atoms with E-state index in [4.69, 9.17) is 9.47 Å². The second kappa shape index (κ2) is 5.48. The van der Waals surface area contributed by atoms with Gasteiger partial charge in [0.15, 0.2) is 0 Å². The zero-order chi connectivity index (χ0) is 15.0. The van der Waals surface area contributed by atoms with E-state index in [0.29, 0.717) is 0 Å². The first-order chi connectivity index (χ1) is 10.8. The number of aromatic nitrogens is 2. The molecule has 1 N–H and O–H groups in total. The van der Waals surface area contributed by atoms with Crippen LogP contribution < -0.4 is 5.32 Å². The zero-order valence-corrected chi connectivity index (χ0v) is 12.8. The molecule has 116 valence electrons. The van der Waals surface area contributed by atoms with Crippen molar-refractivity contribution < 1.29 is 9.47 Å². The third-order valence-corrected chi connectivity index (χ3v) is 4.89. The molecule has 2 fully saturated rings. The van der Waals surface area contributed by atoms with Gasteiger partial charge >= 0.3 is 0 Å². The Morgan fingerprint density at radius 3 is 3.09 bits per heavy atom. The molecule has 1 aromatic carbocycles. The van der Waals surface area contributed by atoms with Crippen LogP contribution in [0.5, 0.6) is 0 Å². The highest BCUT2D eigenvalue weighted by Gasteiger charge is 2.58. The average Bonchev–Trinajstić information content (AvgIpc) is 3.07. The van der Waals surface area contributed by atoms with Gasteiger partial charge in [0.1, 0.15) is 17.7 Å². The number of fused-ring (bicyclic) bond motifs is 1. The molecule has 1 spiro atoms. The van der Waals surface area contributed by atoms with Crippen molar-refractivity contribution in [2.24, 2.45) is 0 Å². The van der Waals surface area contributed by atoms with Gasteiger partial charge in [0.2, 0.25) is 0 Å². The van der Waals surface area contributed by atoms with E-state index < -0.39 is 0 Å². The molecule has 2 heterocycles. The van der Waals surface area contributed by atoms with E-state index in [9.17, 15) is 0 Å². The van der Waals surface area contributed by atoms with Gasteiger partial charge in [-0.05, 0) is 38.3 Å². The molecule has 0 radical (unpaired) electrons. The Morgan fingerprint density at radius 2 is 2.27 bits per heavy atom. The van der Waals surface area contributed by atoms with Crippen LogP contribution in [0.2, 0.25) is 0 Å². The fraction of sp³-hybridized carbons (Fsp3) is 0.529. The largest absolute Gasteiger partial charge is 0.375 e. The molecule has 5 heteroatoms. The van der Waals surface area contributed by atoms with Gasteiger partial charge in [0.05, 0.1) is 17.7 Å². The Morgan fingerprint density at radius 1 is 1.36 bits per heavy atom. The standard InChI is InChI=1S/C17H21N3O2/c1-2-21-15-10-14(17(15)8-5-9-22-17)20-16-12-6-3-4-7-13(12)18-11-19-16/h3-4,6-7,11,14-15H,2,5,8-10H2,1H3,(H,18,19,20). The summed E-state index contributed by atoms with van der Waals surface area (Å²) in [5, 5.41) is 4.64. The number of anilines is 1. The van der Waals surface area contributed by atoms with E-state index in [0.717, 1.165) is 49.2 Å².